The molecule has 228 valence electrons. The Morgan fingerprint density at radius 1 is 1.02 bits per heavy atom. The van der Waals surface area contributed by atoms with Gasteiger partial charge in [-0.3, -0.25) is 19.4 Å². The molecule has 6 rings (SSSR count). The van der Waals surface area contributed by atoms with E-state index in [9.17, 15) is 14.7 Å². The molecule has 6 nitrogen and oxygen atoms in total. The van der Waals surface area contributed by atoms with Crippen molar-refractivity contribution < 1.29 is 19.4 Å². The number of hydrogen-bond donors (Lipinski definition) is 1. The number of likely N-dealkylation sites (tertiary alicyclic amines) is 2. The molecule has 4 aliphatic rings. The van der Waals surface area contributed by atoms with Crippen LogP contribution in [-0.2, 0) is 20.9 Å². The molecule has 2 aromatic rings. The number of nitrogens with zero attached hydrogens (tertiary/aromatic N) is 2. The van der Waals surface area contributed by atoms with Gasteiger partial charge in [0.15, 0.2) is 0 Å². The van der Waals surface area contributed by atoms with Crippen molar-refractivity contribution in [3.8, 4) is 5.75 Å². The Morgan fingerprint density at radius 3 is 2.49 bits per heavy atom. The van der Waals surface area contributed by atoms with E-state index < -0.39 is 0 Å². The van der Waals surface area contributed by atoms with Crippen LogP contribution in [-0.4, -0.2) is 58.6 Å². The van der Waals surface area contributed by atoms with Gasteiger partial charge in [0.05, 0.1) is 24.5 Å². The molecular formula is C37H46N2O4. The number of benzene rings is 2. The monoisotopic (exact) mass is 582 g/mol. The Labute approximate surface area is 256 Å². The Bertz CT molecular complexity index is 1390. The molecule has 0 bridgehead atoms. The van der Waals surface area contributed by atoms with Gasteiger partial charge in [-0.1, -0.05) is 80.5 Å². The normalized spacial score (nSPS) is 26.9. The summed E-state index contributed by atoms with van der Waals surface area (Å²) in [7, 11) is 0. The second-order valence-corrected chi connectivity index (χ2v) is 13.2. The SMILES string of the molecule is CC/C(=C\c1cccc(O)c1)CC[C@H]1OC[C@H]2C1=C(C(C)C)C[C@H]1C(=O)N(C3CCN(Cc4ccccc4)CC3)C(=O)[C@H]12. The lowest BCUT2D eigenvalue weighted by atomic mass is 9.67. The van der Waals surface area contributed by atoms with E-state index in [1.165, 1.54) is 22.3 Å². The Morgan fingerprint density at radius 2 is 1.79 bits per heavy atom. The highest BCUT2D eigenvalue weighted by Crippen LogP contribution is 2.52. The van der Waals surface area contributed by atoms with Gasteiger partial charge >= 0.3 is 0 Å². The summed E-state index contributed by atoms with van der Waals surface area (Å²) >= 11 is 0. The number of phenols is 1. The predicted octanol–water partition coefficient (Wildman–Crippen LogP) is 6.60. The van der Waals surface area contributed by atoms with Crippen LogP contribution in [0.25, 0.3) is 6.08 Å². The second-order valence-electron chi connectivity index (χ2n) is 13.2. The van der Waals surface area contributed by atoms with Crippen LogP contribution >= 0.6 is 0 Å². The molecule has 3 aliphatic heterocycles. The number of amides is 2. The van der Waals surface area contributed by atoms with Gasteiger partial charge in [-0.2, -0.15) is 0 Å². The molecule has 2 aromatic carbocycles. The average Bonchev–Trinajstić information content (AvgIpc) is 3.53. The third-order valence-corrected chi connectivity index (χ3v) is 10.3. The summed E-state index contributed by atoms with van der Waals surface area (Å²) in [5.74, 6) is 0.155. The fourth-order valence-electron chi connectivity index (χ4n) is 8.04. The first-order chi connectivity index (χ1) is 20.8. The van der Waals surface area contributed by atoms with Gasteiger partial charge in [0, 0.05) is 31.6 Å². The number of ether oxygens (including phenoxy) is 1. The lowest BCUT2D eigenvalue weighted by Gasteiger charge is -2.36. The minimum atomic E-state index is -0.286. The quantitative estimate of drug-likeness (QED) is 0.266. The van der Waals surface area contributed by atoms with Crippen molar-refractivity contribution in [3.05, 3.63) is 82.4 Å². The van der Waals surface area contributed by atoms with E-state index in [-0.39, 0.29) is 47.5 Å². The van der Waals surface area contributed by atoms with Crippen LogP contribution in [0, 0.1) is 23.7 Å². The summed E-state index contributed by atoms with van der Waals surface area (Å²) < 4.78 is 6.47. The Hall–Kier alpha value is -3.22. The number of rotatable bonds is 9. The van der Waals surface area contributed by atoms with E-state index in [2.05, 4.69) is 56.0 Å². The summed E-state index contributed by atoms with van der Waals surface area (Å²) in [6, 6.07) is 17.9. The molecule has 0 saturated carbocycles. The van der Waals surface area contributed by atoms with Crippen molar-refractivity contribution in [2.24, 2.45) is 23.7 Å². The summed E-state index contributed by atoms with van der Waals surface area (Å²) in [5, 5.41) is 9.88. The summed E-state index contributed by atoms with van der Waals surface area (Å²) in [6.45, 7) is 9.84. The summed E-state index contributed by atoms with van der Waals surface area (Å²) in [6.07, 6.45) is 7.22. The zero-order valence-electron chi connectivity index (χ0n) is 25.9. The van der Waals surface area contributed by atoms with Gasteiger partial charge in [0.25, 0.3) is 0 Å². The maximum absolute atomic E-state index is 14.1. The highest BCUT2D eigenvalue weighted by Gasteiger charge is 2.58. The molecule has 2 amide bonds. The lowest BCUT2D eigenvalue weighted by Crippen LogP contribution is -2.47. The fourth-order valence-corrected chi connectivity index (χ4v) is 8.04. The number of carbonyl (C=O) groups is 2. The van der Waals surface area contributed by atoms with E-state index in [0.29, 0.717) is 18.9 Å². The van der Waals surface area contributed by atoms with Crippen LogP contribution in [0.2, 0.25) is 0 Å². The number of carbonyl (C=O) groups excluding carboxylic acids is 2. The number of allylic oxidation sites excluding steroid dienone is 2. The smallest absolute Gasteiger partial charge is 0.234 e. The fraction of sp³-hybridized carbons (Fsp3) is 0.514. The van der Waals surface area contributed by atoms with Crippen molar-refractivity contribution in [2.45, 2.75) is 78.0 Å². The van der Waals surface area contributed by atoms with Crippen LogP contribution in [0.3, 0.4) is 0 Å². The molecule has 3 saturated heterocycles. The van der Waals surface area contributed by atoms with Crippen molar-refractivity contribution >= 4 is 17.9 Å². The molecule has 1 N–H and O–H groups in total. The predicted molar refractivity (Wildman–Crippen MR) is 169 cm³/mol. The van der Waals surface area contributed by atoms with Gasteiger partial charge in [-0.05, 0) is 73.3 Å². The molecule has 43 heavy (non-hydrogen) atoms. The van der Waals surface area contributed by atoms with Crippen molar-refractivity contribution in [1.29, 1.82) is 0 Å². The highest BCUT2D eigenvalue weighted by atomic mass is 16.5. The van der Waals surface area contributed by atoms with E-state index in [4.69, 9.17) is 4.74 Å². The number of hydrogen-bond acceptors (Lipinski definition) is 5. The molecule has 1 aliphatic carbocycles. The number of imide groups is 1. The van der Waals surface area contributed by atoms with Crippen LogP contribution in [0.15, 0.2) is 71.3 Å². The molecule has 0 unspecified atom stereocenters. The van der Waals surface area contributed by atoms with E-state index >= 15 is 0 Å². The second kappa shape index (κ2) is 12.8. The first-order valence-corrected chi connectivity index (χ1v) is 16.3. The van der Waals surface area contributed by atoms with Crippen LogP contribution in [0.5, 0.6) is 5.75 Å². The average molecular weight is 583 g/mol. The van der Waals surface area contributed by atoms with Crippen LogP contribution < -0.4 is 0 Å². The molecule has 0 spiro atoms. The van der Waals surface area contributed by atoms with Gasteiger partial charge in [-0.25, -0.2) is 0 Å². The Balaban J connectivity index is 1.15. The molecule has 6 heteroatoms. The first-order valence-electron chi connectivity index (χ1n) is 16.3. The van der Waals surface area contributed by atoms with E-state index in [1.807, 2.05) is 18.2 Å². The molecule has 4 atom stereocenters. The molecule has 0 aromatic heterocycles. The van der Waals surface area contributed by atoms with Crippen molar-refractivity contribution in [3.63, 3.8) is 0 Å². The standard InChI is InChI=1S/C37H46N2O4/c1-4-25(19-27-11-8-12-29(40)20-27)13-14-33-34-30(24(2)3)21-31-35(32(34)23-43-33)37(42)39(36(31)41)28-15-17-38(18-16-28)22-26-9-6-5-7-10-26/h5-12,19-20,24,28,31-33,35,40H,4,13-18,21-23H2,1-3H3/b25-19+/t31-,32+,33-,35-/m1/s1. The molecule has 3 fully saturated rings. The minimum Gasteiger partial charge on any atom is -0.508 e. The largest absolute Gasteiger partial charge is 0.508 e. The minimum absolute atomic E-state index is 0.000830. The molecule has 3 heterocycles. The van der Waals surface area contributed by atoms with Crippen LogP contribution in [0.1, 0.15) is 70.4 Å². The number of aromatic hydroxyl groups is 1. The van der Waals surface area contributed by atoms with Crippen molar-refractivity contribution in [2.75, 3.05) is 19.7 Å². The van der Waals surface area contributed by atoms with E-state index in [1.54, 1.807) is 17.0 Å². The number of phenolic OH excluding ortho intramolecular Hbond substituents is 1. The summed E-state index contributed by atoms with van der Waals surface area (Å²) in [5.41, 5.74) is 6.27. The van der Waals surface area contributed by atoms with Crippen LogP contribution in [0.4, 0.5) is 0 Å². The van der Waals surface area contributed by atoms with Gasteiger partial charge in [0.2, 0.25) is 11.8 Å². The third-order valence-electron chi connectivity index (χ3n) is 10.3. The zero-order chi connectivity index (χ0) is 30.1. The third kappa shape index (κ3) is 6.09. The highest BCUT2D eigenvalue weighted by molar-refractivity contribution is 6.06. The molecule has 0 radical (unpaired) electrons. The topological polar surface area (TPSA) is 70.1 Å². The van der Waals surface area contributed by atoms with Crippen molar-refractivity contribution in [1.82, 2.24) is 9.80 Å². The van der Waals surface area contributed by atoms with Gasteiger partial charge < -0.3 is 9.84 Å². The van der Waals surface area contributed by atoms with Gasteiger partial charge in [0.1, 0.15) is 5.75 Å². The number of piperidine rings is 1. The Kier molecular flexibility index (Phi) is 8.88. The lowest BCUT2D eigenvalue weighted by molar-refractivity contribution is -0.144. The first kappa shape index (κ1) is 29.8. The van der Waals surface area contributed by atoms with Gasteiger partial charge in [-0.15, -0.1) is 0 Å². The molecular weight excluding hydrogens is 536 g/mol. The number of fused-ring (bicyclic) bond motifs is 3. The summed E-state index contributed by atoms with van der Waals surface area (Å²) in [4.78, 5) is 32.1. The zero-order valence-corrected chi connectivity index (χ0v) is 25.9. The van der Waals surface area contributed by atoms with E-state index in [0.717, 1.165) is 57.3 Å². The maximum Gasteiger partial charge on any atom is 0.234 e. The maximum atomic E-state index is 14.1.